The molecule has 2 rings (SSSR count). The van der Waals surface area contributed by atoms with Gasteiger partial charge in [-0.1, -0.05) is 0 Å². The standard InChI is InChI=1S/C10H16N4O/c1-8(15)13-4-2-10(3-5-13)14-7-9(11)6-12-14/h6-7,10H,2-5,11H2,1H3. The van der Waals surface area contributed by atoms with Crippen LogP contribution >= 0.6 is 0 Å². The molecule has 1 aliphatic heterocycles. The predicted molar refractivity (Wildman–Crippen MR) is 57.2 cm³/mol. The van der Waals surface area contributed by atoms with Crippen LogP contribution < -0.4 is 5.73 Å². The minimum atomic E-state index is 0.161. The van der Waals surface area contributed by atoms with Crippen LogP contribution in [0, 0.1) is 0 Å². The third-order valence-corrected chi connectivity index (χ3v) is 2.91. The average molecular weight is 208 g/mol. The summed E-state index contributed by atoms with van der Waals surface area (Å²) in [5.74, 6) is 0.161. The van der Waals surface area contributed by atoms with Crippen LogP contribution in [0.1, 0.15) is 25.8 Å². The maximum absolute atomic E-state index is 11.1. The molecule has 0 spiro atoms. The van der Waals surface area contributed by atoms with Crippen molar-refractivity contribution in [2.45, 2.75) is 25.8 Å². The highest BCUT2D eigenvalue weighted by Crippen LogP contribution is 2.22. The maximum atomic E-state index is 11.1. The molecule has 0 aromatic carbocycles. The molecule has 1 aromatic heterocycles. The summed E-state index contributed by atoms with van der Waals surface area (Å²) in [6.45, 7) is 3.26. The van der Waals surface area contributed by atoms with Crippen molar-refractivity contribution in [1.82, 2.24) is 14.7 Å². The number of nitrogens with zero attached hydrogens (tertiary/aromatic N) is 3. The van der Waals surface area contributed by atoms with Gasteiger partial charge in [0.1, 0.15) is 0 Å². The Morgan fingerprint density at radius 3 is 2.67 bits per heavy atom. The molecule has 1 saturated heterocycles. The Labute approximate surface area is 88.8 Å². The van der Waals surface area contributed by atoms with Crippen LogP contribution in [0.4, 0.5) is 5.69 Å². The lowest BCUT2D eigenvalue weighted by Crippen LogP contribution is -2.37. The number of hydrogen-bond donors (Lipinski definition) is 1. The van der Waals surface area contributed by atoms with Gasteiger partial charge in [-0.15, -0.1) is 0 Å². The first-order chi connectivity index (χ1) is 7.16. The number of aromatic nitrogens is 2. The van der Waals surface area contributed by atoms with E-state index in [1.54, 1.807) is 13.1 Å². The zero-order valence-corrected chi connectivity index (χ0v) is 8.89. The summed E-state index contributed by atoms with van der Waals surface area (Å²) in [7, 11) is 0. The molecule has 1 fully saturated rings. The van der Waals surface area contributed by atoms with Gasteiger partial charge in [-0.2, -0.15) is 5.10 Å². The predicted octanol–water partition coefficient (Wildman–Crippen LogP) is 0.649. The van der Waals surface area contributed by atoms with Crippen molar-refractivity contribution in [3.63, 3.8) is 0 Å². The fourth-order valence-electron chi connectivity index (χ4n) is 2.00. The van der Waals surface area contributed by atoms with Crippen LogP contribution in [0.2, 0.25) is 0 Å². The van der Waals surface area contributed by atoms with Gasteiger partial charge < -0.3 is 10.6 Å². The third kappa shape index (κ3) is 2.11. The van der Waals surface area contributed by atoms with Gasteiger partial charge in [0.2, 0.25) is 5.91 Å². The molecule has 15 heavy (non-hydrogen) atoms. The maximum Gasteiger partial charge on any atom is 0.219 e. The smallest absolute Gasteiger partial charge is 0.219 e. The van der Waals surface area contributed by atoms with Crippen molar-refractivity contribution in [2.75, 3.05) is 18.8 Å². The molecule has 0 atom stereocenters. The molecule has 1 aliphatic rings. The van der Waals surface area contributed by atoms with Crippen LogP contribution in [0.5, 0.6) is 0 Å². The van der Waals surface area contributed by atoms with E-state index in [0.29, 0.717) is 11.7 Å². The molecule has 0 unspecified atom stereocenters. The number of nitrogens with two attached hydrogens (primary N) is 1. The van der Waals surface area contributed by atoms with E-state index in [1.165, 1.54) is 0 Å². The number of carbonyl (C=O) groups is 1. The van der Waals surface area contributed by atoms with E-state index >= 15 is 0 Å². The van der Waals surface area contributed by atoms with Gasteiger partial charge >= 0.3 is 0 Å². The Morgan fingerprint density at radius 1 is 1.53 bits per heavy atom. The minimum absolute atomic E-state index is 0.161. The molecule has 1 aromatic rings. The van der Waals surface area contributed by atoms with Crippen LogP contribution in [0.25, 0.3) is 0 Å². The Hall–Kier alpha value is -1.52. The monoisotopic (exact) mass is 208 g/mol. The molecule has 0 bridgehead atoms. The van der Waals surface area contributed by atoms with Crippen molar-refractivity contribution in [3.8, 4) is 0 Å². The normalized spacial score (nSPS) is 18.1. The second kappa shape index (κ2) is 3.92. The van der Waals surface area contributed by atoms with E-state index in [-0.39, 0.29) is 5.91 Å². The number of carbonyl (C=O) groups excluding carboxylic acids is 1. The zero-order valence-electron chi connectivity index (χ0n) is 8.89. The van der Waals surface area contributed by atoms with Crippen LogP contribution in [0.3, 0.4) is 0 Å². The number of rotatable bonds is 1. The highest BCUT2D eigenvalue weighted by Gasteiger charge is 2.22. The van der Waals surface area contributed by atoms with Gasteiger partial charge in [-0.25, -0.2) is 0 Å². The highest BCUT2D eigenvalue weighted by molar-refractivity contribution is 5.73. The number of nitrogen functional groups attached to an aromatic ring is 1. The molecule has 0 saturated carbocycles. The van der Waals surface area contributed by atoms with Crippen LogP contribution in [0.15, 0.2) is 12.4 Å². The lowest BCUT2D eigenvalue weighted by Gasteiger charge is -2.31. The molecule has 2 N–H and O–H groups in total. The molecule has 82 valence electrons. The van der Waals surface area contributed by atoms with E-state index in [4.69, 9.17) is 5.73 Å². The van der Waals surface area contributed by atoms with Gasteiger partial charge in [0.15, 0.2) is 0 Å². The van der Waals surface area contributed by atoms with E-state index in [0.717, 1.165) is 25.9 Å². The van der Waals surface area contributed by atoms with E-state index in [2.05, 4.69) is 5.10 Å². The molecule has 5 nitrogen and oxygen atoms in total. The van der Waals surface area contributed by atoms with Crippen molar-refractivity contribution < 1.29 is 4.79 Å². The molecule has 0 radical (unpaired) electrons. The third-order valence-electron chi connectivity index (χ3n) is 2.91. The second-order valence-electron chi connectivity index (χ2n) is 3.99. The summed E-state index contributed by atoms with van der Waals surface area (Å²) in [6.07, 6.45) is 5.44. The Balaban J connectivity index is 1.96. The van der Waals surface area contributed by atoms with Crippen molar-refractivity contribution in [1.29, 1.82) is 0 Å². The summed E-state index contributed by atoms with van der Waals surface area (Å²) < 4.78 is 1.91. The first-order valence-corrected chi connectivity index (χ1v) is 5.22. The summed E-state index contributed by atoms with van der Waals surface area (Å²) in [4.78, 5) is 13.0. The largest absolute Gasteiger partial charge is 0.396 e. The molecule has 5 heteroatoms. The van der Waals surface area contributed by atoms with Gasteiger partial charge in [0.25, 0.3) is 0 Å². The fraction of sp³-hybridized carbons (Fsp3) is 0.600. The number of likely N-dealkylation sites (tertiary alicyclic amines) is 1. The van der Waals surface area contributed by atoms with Crippen molar-refractivity contribution in [3.05, 3.63) is 12.4 Å². The summed E-state index contributed by atoms with van der Waals surface area (Å²) >= 11 is 0. The fourth-order valence-corrected chi connectivity index (χ4v) is 2.00. The summed E-state index contributed by atoms with van der Waals surface area (Å²) in [5.41, 5.74) is 6.31. The highest BCUT2D eigenvalue weighted by atomic mass is 16.2. The Bertz CT molecular complexity index is 352. The number of piperidine rings is 1. The second-order valence-corrected chi connectivity index (χ2v) is 3.99. The zero-order chi connectivity index (χ0) is 10.8. The molecule has 0 aliphatic carbocycles. The van der Waals surface area contributed by atoms with Crippen molar-refractivity contribution in [2.24, 2.45) is 0 Å². The Morgan fingerprint density at radius 2 is 2.20 bits per heavy atom. The molecular weight excluding hydrogens is 192 g/mol. The number of hydrogen-bond acceptors (Lipinski definition) is 3. The first-order valence-electron chi connectivity index (χ1n) is 5.22. The quantitative estimate of drug-likeness (QED) is 0.737. The van der Waals surface area contributed by atoms with E-state index < -0.39 is 0 Å². The van der Waals surface area contributed by atoms with Crippen LogP contribution in [-0.4, -0.2) is 33.7 Å². The molecule has 2 heterocycles. The molecular formula is C10H16N4O. The summed E-state index contributed by atoms with van der Waals surface area (Å²) in [5, 5.41) is 4.20. The van der Waals surface area contributed by atoms with E-state index in [1.807, 2.05) is 15.8 Å². The first kappa shape index (κ1) is 10.0. The van der Waals surface area contributed by atoms with Crippen LogP contribution in [-0.2, 0) is 4.79 Å². The lowest BCUT2D eigenvalue weighted by molar-refractivity contribution is -0.130. The number of anilines is 1. The van der Waals surface area contributed by atoms with Gasteiger partial charge in [-0.05, 0) is 12.8 Å². The Kier molecular flexibility index (Phi) is 2.62. The lowest BCUT2D eigenvalue weighted by atomic mass is 10.1. The SMILES string of the molecule is CC(=O)N1CCC(n2cc(N)cn2)CC1. The van der Waals surface area contributed by atoms with Gasteiger partial charge in [-0.3, -0.25) is 9.48 Å². The number of amides is 1. The van der Waals surface area contributed by atoms with Gasteiger partial charge in [0.05, 0.1) is 17.9 Å². The topological polar surface area (TPSA) is 64.2 Å². The molecule has 1 amide bonds. The van der Waals surface area contributed by atoms with E-state index in [9.17, 15) is 4.79 Å². The van der Waals surface area contributed by atoms with Crippen molar-refractivity contribution >= 4 is 11.6 Å². The van der Waals surface area contributed by atoms with Gasteiger partial charge in [0, 0.05) is 26.2 Å². The summed E-state index contributed by atoms with van der Waals surface area (Å²) in [6, 6.07) is 0.387. The average Bonchev–Trinajstić information content (AvgIpc) is 2.65. The minimum Gasteiger partial charge on any atom is -0.396 e.